The molecule has 2 aliphatic heterocycles. The summed E-state index contributed by atoms with van der Waals surface area (Å²) in [5, 5.41) is 30.5. The van der Waals surface area contributed by atoms with Crippen molar-refractivity contribution in [1.29, 1.82) is 0 Å². The highest BCUT2D eigenvalue weighted by Gasteiger charge is 2.35. The molecule has 2 amide bonds. The fourth-order valence-corrected chi connectivity index (χ4v) is 5.75. The highest BCUT2D eigenvalue weighted by atomic mass is 35.5. The van der Waals surface area contributed by atoms with Crippen LogP contribution in [0.15, 0.2) is 30.4 Å². The molecule has 2 heterocycles. The van der Waals surface area contributed by atoms with Gasteiger partial charge in [0.2, 0.25) is 11.8 Å². The number of carbonyl (C=O) groups is 2. The monoisotopic (exact) mass is 714 g/mol. The van der Waals surface area contributed by atoms with E-state index >= 15 is 0 Å². The number of aliphatic imine (C=N–C) groups is 2. The summed E-state index contributed by atoms with van der Waals surface area (Å²) in [6, 6.07) is 1.25. The van der Waals surface area contributed by atoms with E-state index in [2.05, 4.69) is 65.6 Å². The van der Waals surface area contributed by atoms with E-state index in [0.29, 0.717) is 12.1 Å². The number of halogens is 2. The molecule has 0 bridgehead atoms. The first-order chi connectivity index (χ1) is 21.4. The van der Waals surface area contributed by atoms with Crippen LogP contribution in [0.2, 0.25) is 0 Å². The zero-order valence-corrected chi connectivity index (χ0v) is 32.7. The predicted molar refractivity (Wildman–Crippen MR) is 200 cm³/mol. The standard InChI is InChI=1S/C20H36N4O2.C14H26N6.2ClH/c1-19(2,17(25)21-15-11-7-5-8-12-15)23-24-20(3,4)18(26)22-16-13-9-6-10-14-16;1-9-7-15-11(17-9)13(3,4)19-20-14(5,6)12-16-8-10(2)18-12;;/h15-16H,5-14H2,1-4H3,(H,21,25)(H,22,26);9-10H,7-8H2,1-6H3,(H,15,17)(H,16,18);2*1H. The largest absolute Gasteiger partial charge is 0.367 e. The Kier molecular flexibility index (Phi) is 16.9. The number of azo groups is 2. The highest BCUT2D eigenvalue weighted by Crippen LogP contribution is 2.23. The maximum absolute atomic E-state index is 12.6. The summed E-state index contributed by atoms with van der Waals surface area (Å²) >= 11 is 0. The highest BCUT2D eigenvalue weighted by molar-refractivity contribution is 5.93. The Balaban J connectivity index is 0.000000475. The van der Waals surface area contributed by atoms with E-state index in [9.17, 15) is 9.59 Å². The lowest BCUT2D eigenvalue weighted by atomic mass is 9.94. The minimum absolute atomic E-state index is 0. The predicted octanol–water partition coefficient (Wildman–Crippen LogP) is 6.51. The van der Waals surface area contributed by atoms with E-state index in [-0.39, 0.29) is 48.7 Å². The zero-order chi connectivity index (χ0) is 34.2. The van der Waals surface area contributed by atoms with Gasteiger partial charge in [-0.3, -0.25) is 19.6 Å². The van der Waals surface area contributed by atoms with Gasteiger partial charge in [0.15, 0.2) is 11.1 Å². The van der Waals surface area contributed by atoms with E-state index in [1.807, 2.05) is 27.7 Å². The fourth-order valence-electron chi connectivity index (χ4n) is 5.75. The second-order valence-corrected chi connectivity index (χ2v) is 15.7. The van der Waals surface area contributed by atoms with Crippen molar-refractivity contribution in [2.75, 3.05) is 13.1 Å². The number of carbonyl (C=O) groups excluding carboxylic acids is 2. The van der Waals surface area contributed by atoms with Gasteiger partial charge in [0.25, 0.3) is 0 Å². The van der Waals surface area contributed by atoms with E-state index in [4.69, 9.17) is 0 Å². The lowest BCUT2D eigenvalue weighted by Crippen LogP contribution is -2.48. The van der Waals surface area contributed by atoms with E-state index in [0.717, 1.165) is 50.4 Å². The summed E-state index contributed by atoms with van der Waals surface area (Å²) in [6.45, 7) is 21.0. The lowest BCUT2D eigenvalue weighted by molar-refractivity contribution is -0.128. The molecule has 2 unspecified atom stereocenters. The molecule has 2 atom stereocenters. The van der Waals surface area contributed by atoms with Gasteiger partial charge in [0.1, 0.15) is 22.7 Å². The molecule has 0 saturated heterocycles. The molecule has 0 aromatic rings. The first kappa shape index (κ1) is 43.7. The van der Waals surface area contributed by atoms with Crippen molar-refractivity contribution in [1.82, 2.24) is 21.3 Å². The molecule has 14 heteroatoms. The third kappa shape index (κ3) is 13.2. The molecular weight excluding hydrogens is 651 g/mol. The van der Waals surface area contributed by atoms with Crippen molar-refractivity contribution in [2.24, 2.45) is 30.4 Å². The molecule has 4 aliphatic rings. The van der Waals surface area contributed by atoms with Crippen molar-refractivity contribution in [3.05, 3.63) is 0 Å². The van der Waals surface area contributed by atoms with E-state index in [1.54, 1.807) is 27.7 Å². The minimum atomic E-state index is -0.972. The Morgan fingerprint density at radius 3 is 1.17 bits per heavy atom. The minimum Gasteiger partial charge on any atom is -0.367 e. The van der Waals surface area contributed by atoms with Crippen LogP contribution < -0.4 is 21.3 Å². The van der Waals surface area contributed by atoms with Crippen molar-refractivity contribution >= 4 is 48.3 Å². The second kappa shape index (κ2) is 18.6. The Morgan fingerprint density at radius 2 is 0.896 bits per heavy atom. The number of amidine groups is 2. The summed E-state index contributed by atoms with van der Waals surface area (Å²) in [6.07, 6.45) is 11.3. The molecule has 276 valence electrons. The normalized spacial score (nSPS) is 22.7. The molecule has 4 rings (SSSR count). The SMILES string of the molecule is CC(C)(N=NC(C)(C)C(=O)NC1CCCCC1)C(=O)NC1CCCCC1.CC1CN=C(C(C)(C)N=NC(C)(C)C2=NCC(C)N2)N1.Cl.Cl. The van der Waals surface area contributed by atoms with Gasteiger partial charge in [-0.05, 0) is 94.9 Å². The molecular formula is C34H64Cl2N10O2. The van der Waals surface area contributed by atoms with Gasteiger partial charge in [-0.2, -0.15) is 20.5 Å². The van der Waals surface area contributed by atoms with Crippen LogP contribution in [-0.2, 0) is 9.59 Å². The third-order valence-corrected chi connectivity index (χ3v) is 9.06. The first-order valence-electron chi connectivity index (χ1n) is 17.5. The van der Waals surface area contributed by atoms with Crippen LogP contribution in [0.4, 0.5) is 0 Å². The van der Waals surface area contributed by atoms with Gasteiger partial charge in [-0.25, -0.2) is 0 Å². The van der Waals surface area contributed by atoms with Crippen molar-refractivity contribution in [3.8, 4) is 0 Å². The first-order valence-corrected chi connectivity index (χ1v) is 17.5. The summed E-state index contributed by atoms with van der Waals surface area (Å²) in [4.78, 5) is 34.2. The van der Waals surface area contributed by atoms with Gasteiger partial charge < -0.3 is 21.3 Å². The average molecular weight is 716 g/mol. The molecule has 4 N–H and O–H groups in total. The number of amides is 2. The second-order valence-electron chi connectivity index (χ2n) is 15.7. The van der Waals surface area contributed by atoms with Gasteiger partial charge in [-0.15, -0.1) is 24.8 Å². The molecule has 0 spiro atoms. The van der Waals surface area contributed by atoms with Crippen LogP contribution in [-0.4, -0.2) is 82.9 Å². The zero-order valence-electron chi connectivity index (χ0n) is 31.1. The molecule has 2 fully saturated rings. The maximum atomic E-state index is 12.6. The van der Waals surface area contributed by atoms with E-state index < -0.39 is 22.2 Å². The van der Waals surface area contributed by atoms with Crippen molar-refractivity contribution in [2.45, 2.75) is 180 Å². The molecule has 48 heavy (non-hydrogen) atoms. The van der Waals surface area contributed by atoms with Gasteiger partial charge in [0.05, 0.1) is 13.1 Å². The van der Waals surface area contributed by atoms with Crippen LogP contribution in [0.25, 0.3) is 0 Å². The molecule has 0 radical (unpaired) electrons. The molecule has 12 nitrogen and oxygen atoms in total. The Morgan fingerprint density at radius 1 is 0.583 bits per heavy atom. The maximum Gasteiger partial charge on any atom is 0.249 e. The summed E-state index contributed by atoms with van der Waals surface area (Å²) in [5.74, 6) is 1.60. The van der Waals surface area contributed by atoms with E-state index in [1.165, 1.54) is 38.5 Å². The smallest absolute Gasteiger partial charge is 0.249 e. The van der Waals surface area contributed by atoms with Crippen LogP contribution in [0, 0.1) is 0 Å². The van der Waals surface area contributed by atoms with Gasteiger partial charge >= 0.3 is 0 Å². The average Bonchev–Trinajstić information content (AvgIpc) is 3.66. The Bertz CT molecular complexity index is 1080. The summed E-state index contributed by atoms with van der Waals surface area (Å²) < 4.78 is 0. The summed E-state index contributed by atoms with van der Waals surface area (Å²) in [7, 11) is 0. The van der Waals surface area contributed by atoms with Crippen molar-refractivity contribution in [3.63, 3.8) is 0 Å². The fraction of sp³-hybridized carbons (Fsp3) is 0.882. The molecule has 2 aliphatic carbocycles. The third-order valence-electron chi connectivity index (χ3n) is 9.06. The molecule has 0 aromatic heterocycles. The van der Waals surface area contributed by atoms with Gasteiger partial charge in [-0.1, -0.05) is 38.5 Å². The quantitative estimate of drug-likeness (QED) is 0.190. The van der Waals surface area contributed by atoms with Crippen LogP contribution in [0.3, 0.4) is 0 Å². The Hall–Kier alpha value is -2.34. The number of rotatable bonds is 10. The van der Waals surface area contributed by atoms with Crippen LogP contribution in [0.5, 0.6) is 0 Å². The van der Waals surface area contributed by atoms with Crippen molar-refractivity contribution < 1.29 is 9.59 Å². The number of nitrogens with one attached hydrogen (secondary N) is 4. The van der Waals surface area contributed by atoms with Crippen LogP contribution in [0.1, 0.15) is 133 Å². The molecule has 2 saturated carbocycles. The van der Waals surface area contributed by atoms with Gasteiger partial charge in [0, 0.05) is 24.2 Å². The number of hydrogen-bond acceptors (Lipinski definition) is 10. The molecule has 0 aromatic carbocycles. The summed E-state index contributed by atoms with van der Waals surface area (Å²) in [5.41, 5.74) is -2.79. The Labute approximate surface area is 301 Å². The number of hydrogen-bond donors (Lipinski definition) is 4. The number of nitrogens with zero attached hydrogens (tertiary/aromatic N) is 6. The van der Waals surface area contributed by atoms with Crippen LogP contribution >= 0.6 is 24.8 Å². The topological polar surface area (TPSA) is 156 Å². The lowest BCUT2D eigenvalue weighted by Gasteiger charge is -2.28.